The Balaban J connectivity index is 1.74. The minimum atomic E-state index is -2.18. The Bertz CT molecular complexity index is 1130. The van der Waals surface area contributed by atoms with E-state index in [1.165, 1.54) is 0 Å². The van der Waals surface area contributed by atoms with Gasteiger partial charge in [-0.15, -0.1) is 0 Å². The van der Waals surface area contributed by atoms with Crippen LogP contribution in [0.4, 0.5) is 0 Å². The molecule has 0 aromatic carbocycles. The van der Waals surface area contributed by atoms with Gasteiger partial charge in [0.05, 0.1) is 23.5 Å². The molecule has 0 spiro atoms. The van der Waals surface area contributed by atoms with Gasteiger partial charge in [-0.2, -0.15) is 0 Å². The third kappa shape index (κ3) is 5.40. The second kappa shape index (κ2) is 12.0. The van der Waals surface area contributed by atoms with Crippen molar-refractivity contribution >= 4 is 23.9 Å². The molecule has 4 bridgehead atoms. The number of aliphatic hydroxyl groups is 1. The normalized spacial score (nSPS) is 31.5. The van der Waals surface area contributed by atoms with Crippen molar-refractivity contribution in [2.45, 2.75) is 96.7 Å². The van der Waals surface area contributed by atoms with E-state index in [4.69, 9.17) is 9.47 Å². The molecule has 0 aromatic rings. The van der Waals surface area contributed by atoms with Gasteiger partial charge in [-0.25, -0.2) is 9.59 Å². The summed E-state index contributed by atoms with van der Waals surface area (Å²) in [5.74, 6) is -7.33. The number of allylic oxidation sites excluding steroid dienone is 5. The van der Waals surface area contributed by atoms with E-state index in [2.05, 4.69) is 12.2 Å². The highest BCUT2D eigenvalue weighted by Gasteiger charge is 2.71. The van der Waals surface area contributed by atoms with Crippen LogP contribution in [0.15, 0.2) is 47.1 Å². The molecule has 2 N–H and O–H groups in total. The molecular formula is C31H40O8. The number of cyclic esters (lactones) is 2. The van der Waals surface area contributed by atoms with Gasteiger partial charge in [-0.1, -0.05) is 56.1 Å². The van der Waals surface area contributed by atoms with E-state index >= 15 is 0 Å². The SMILES string of the molecule is C/C=C/CCCCCC1C=C2C3(CC(=O)O)CC4=C(C(=O)OC4=O)C(C1CCCCC/C=C/C)C2(O)OC3=O. The van der Waals surface area contributed by atoms with Crippen molar-refractivity contribution in [3.63, 3.8) is 0 Å². The van der Waals surface area contributed by atoms with E-state index in [9.17, 15) is 29.4 Å². The number of hydrogen-bond acceptors (Lipinski definition) is 7. The number of carbonyl (C=O) groups excluding carboxylic acids is 3. The maximum atomic E-state index is 13.4. The Kier molecular flexibility index (Phi) is 8.94. The molecule has 0 aromatic heterocycles. The van der Waals surface area contributed by atoms with E-state index in [0.717, 1.165) is 57.8 Å². The molecule has 212 valence electrons. The predicted molar refractivity (Wildman–Crippen MR) is 143 cm³/mol. The molecule has 2 aliphatic heterocycles. The van der Waals surface area contributed by atoms with E-state index in [-0.39, 0.29) is 35.0 Å². The third-order valence-corrected chi connectivity index (χ3v) is 8.83. The average molecular weight is 541 g/mol. The van der Waals surface area contributed by atoms with E-state index in [1.807, 2.05) is 32.1 Å². The highest BCUT2D eigenvalue weighted by molar-refractivity contribution is 6.14. The number of hydrogen-bond donors (Lipinski definition) is 2. The van der Waals surface area contributed by atoms with Gasteiger partial charge in [0.25, 0.3) is 0 Å². The molecule has 39 heavy (non-hydrogen) atoms. The Hall–Kier alpha value is -3.00. The summed E-state index contributed by atoms with van der Waals surface area (Å²) in [5, 5.41) is 21.8. The summed E-state index contributed by atoms with van der Waals surface area (Å²) in [5.41, 5.74) is -1.48. The Morgan fingerprint density at radius 1 is 0.974 bits per heavy atom. The third-order valence-electron chi connectivity index (χ3n) is 8.83. The fraction of sp³-hybridized carbons (Fsp3) is 0.613. The first-order valence-electron chi connectivity index (χ1n) is 14.3. The van der Waals surface area contributed by atoms with E-state index in [1.54, 1.807) is 0 Å². The van der Waals surface area contributed by atoms with Crippen molar-refractivity contribution in [3.05, 3.63) is 47.1 Å². The summed E-state index contributed by atoms with van der Waals surface area (Å²) in [4.78, 5) is 51.2. The quantitative estimate of drug-likeness (QED) is 0.131. The summed E-state index contributed by atoms with van der Waals surface area (Å²) in [6.45, 7) is 3.98. The first-order valence-corrected chi connectivity index (χ1v) is 14.3. The van der Waals surface area contributed by atoms with Gasteiger partial charge in [0.15, 0.2) is 0 Å². The number of carboxylic acid groups (broad SMARTS) is 1. The number of rotatable bonds is 14. The number of ether oxygens (including phenoxy) is 2. The molecule has 4 rings (SSSR count). The van der Waals surface area contributed by atoms with E-state index < -0.39 is 47.4 Å². The maximum Gasteiger partial charge on any atom is 0.343 e. The van der Waals surface area contributed by atoms with Crippen LogP contribution in [0.25, 0.3) is 0 Å². The van der Waals surface area contributed by atoms with E-state index in [0.29, 0.717) is 6.42 Å². The molecule has 0 radical (unpaired) electrons. The molecule has 8 nitrogen and oxygen atoms in total. The molecule has 5 atom stereocenters. The fourth-order valence-electron chi connectivity index (χ4n) is 7.06. The van der Waals surface area contributed by atoms with Gasteiger partial charge in [0.2, 0.25) is 5.79 Å². The molecule has 1 saturated heterocycles. The molecule has 0 saturated carbocycles. The molecule has 2 aliphatic carbocycles. The van der Waals surface area contributed by atoms with Crippen LogP contribution >= 0.6 is 0 Å². The fourth-order valence-corrected chi connectivity index (χ4v) is 7.06. The number of aliphatic carboxylic acids is 1. The van der Waals surface area contributed by atoms with Crippen LogP contribution in [-0.4, -0.2) is 39.9 Å². The lowest BCUT2D eigenvalue weighted by molar-refractivity contribution is -0.205. The molecule has 2 heterocycles. The molecule has 1 fully saturated rings. The van der Waals surface area contributed by atoms with Crippen LogP contribution in [0, 0.1) is 23.2 Å². The van der Waals surface area contributed by atoms with Crippen molar-refractivity contribution in [1.82, 2.24) is 0 Å². The first kappa shape index (κ1) is 29.0. The zero-order valence-electron chi connectivity index (χ0n) is 22.9. The van der Waals surface area contributed by atoms with Crippen molar-refractivity contribution < 1.29 is 38.9 Å². The number of carbonyl (C=O) groups is 4. The molecule has 5 unspecified atom stereocenters. The Labute approximate surface area is 229 Å². The lowest BCUT2D eigenvalue weighted by Gasteiger charge is -2.44. The number of esters is 3. The lowest BCUT2D eigenvalue weighted by Crippen LogP contribution is -2.50. The molecule has 8 heteroatoms. The Morgan fingerprint density at radius 2 is 1.62 bits per heavy atom. The zero-order chi connectivity index (χ0) is 28.2. The summed E-state index contributed by atoms with van der Waals surface area (Å²) in [7, 11) is 0. The molecular weight excluding hydrogens is 500 g/mol. The number of fused-ring (bicyclic) bond motifs is 1. The summed E-state index contributed by atoms with van der Waals surface area (Å²) in [6, 6.07) is 0. The zero-order valence-corrected chi connectivity index (χ0v) is 22.9. The van der Waals surface area contributed by atoms with Crippen LogP contribution in [0.1, 0.15) is 90.9 Å². The van der Waals surface area contributed by atoms with Gasteiger partial charge >= 0.3 is 23.9 Å². The molecule has 0 amide bonds. The largest absolute Gasteiger partial charge is 0.481 e. The van der Waals surface area contributed by atoms with Gasteiger partial charge in [-0.3, -0.25) is 9.59 Å². The van der Waals surface area contributed by atoms with Gasteiger partial charge in [-0.05, 0) is 64.2 Å². The lowest BCUT2D eigenvalue weighted by atomic mass is 9.61. The smallest absolute Gasteiger partial charge is 0.343 e. The second-order valence-corrected chi connectivity index (χ2v) is 11.3. The van der Waals surface area contributed by atoms with Crippen LogP contribution < -0.4 is 0 Å². The minimum absolute atomic E-state index is 0.00908. The van der Waals surface area contributed by atoms with Crippen molar-refractivity contribution in [3.8, 4) is 0 Å². The van der Waals surface area contributed by atoms with Gasteiger partial charge < -0.3 is 19.7 Å². The summed E-state index contributed by atoms with van der Waals surface area (Å²) in [6.07, 6.45) is 18.4. The Morgan fingerprint density at radius 3 is 2.23 bits per heavy atom. The highest BCUT2D eigenvalue weighted by atomic mass is 16.7. The predicted octanol–water partition coefficient (Wildman–Crippen LogP) is 5.32. The highest BCUT2D eigenvalue weighted by Crippen LogP contribution is 2.64. The van der Waals surface area contributed by atoms with Crippen LogP contribution in [0.3, 0.4) is 0 Å². The monoisotopic (exact) mass is 540 g/mol. The first-order chi connectivity index (χ1) is 18.7. The van der Waals surface area contributed by atoms with Crippen LogP contribution in [0.5, 0.6) is 0 Å². The number of carboxylic acids is 1. The van der Waals surface area contributed by atoms with Crippen molar-refractivity contribution in [1.29, 1.82) is 0 Å². The topological polar surface area (TPSA) is 127 Å². The van der Waals surface area contributed by atoms with Gasteiger partial charge in [0.1, 0.15) is 5.41 Å². The second-order valence-electron chi connectivity index (χ2n) is 11.3. The van der Waals surface area contributed by atoms with Crippen LogP contribution in [0.2, 0.25) is 0 Å². The van der Waals surface area contributed by atoms with Crippen molar-refractivity contribution in [2.24, 2.45) is 23.2 Å². The molecule has 4 aliphatic rings. The van der Waals surface area contributed by atoms with Gasteiger partial charge in [0, 0.05) is 12.0 Å². The number of unbranched alkanes of at least 4 members (excludes halogenated alkanes) is 6. The average Bonchev–Trinajstić information content (AvgIpc) is 3.24. The van der Waals surface area contributed by atoms with Crippen molar-refractivity contribution in [2.75, 3.05) is 0 Å². The standard InChI is InChI=1S/C31H40O8/c1-3-5-7-9-11-13-15-20-17-23-30(19-24(32)33)18-22-25(28(35)38-27(22)34)26(31(23,37)39-29(30)36)21(20)16-14-12-10-8-6-4-2/h3-6,17,20-21,26,37H,7-16,18-19H2,1-2H3,(H,32,33)/b5-3+,6-4+. The maximum absolute atomic E-state index is 13.4. The van der Waals surface area contributed by atoms with Crippen LogP contribution in [-0.2, 0) is 28.7 Å². The minimum Gasteiger partial charge on any atom is -0.481 e. The summed E-state index contributed by atoms with van der Waals surface area (Å²) >= 11 is 0. The summed E-state index contributed by atoms with van der Waals surface area (Å²) < 4.78 is 10.6.